The van der Waals surface area contributed by atoms with Crippen LogP contribution in [0, 0.1) is 0 Å². The maximum Gasteiger partial charge on any atom is 0.366 e. The average molecular weight is 292 g/mol. The normalized spacial score (nSPS) is 13.8. The van der Waals surface area contributed by atoms with Crippen LogP contribution in [0.3, 0.4) is 0 Å². The first-order valence-electron chi connectivity index (χ1n) is 6.86. The molecule has 5 nitrogen and oxygen atoms in total. The molecular weight excluding hydrogens is 267 g/mol. The van der Waals surface area contributed by atoms with Gasteiger partial charge in [-0.3, -0.25) is 9.45 Å². The van der Waals surface area contributed by atoms with Crippen molar-refractivity contribution >= 4 is 13.6 Å². The Morgan fingerprint density at radius 1 is 1.16 bits per heavy atom. The smallest absolute Gasteiger partial charge is 0.322 e. The number of carbonyl (C=O) groups excluding carboxylic acids is 1. The highest BCUT2D eigenvalue weighted by molar-refractivity contribution is 7.52. The third-order valence-corrected chi connectivity index (χ3v) is 3.89. The summed E-state index contributed by atoms with van der Waals surface area (Å²) in [5, 5.41) is 0. The zero-order valence-corrected chi connectivity index (χ0v) is 12.6. The van der Waals surface area contributed by atoms with Gasteiger partial charge in [0.15, 0.2) is 0 Å². The van der Waals surface area contributed by atoms with Crippen LogP contribution >= 0.6 is 7.60 Å². The highest BCUT2D eigenvalue weighted by Crippen LogP contribution is 2.43. The van der Waals surface area contributed by atoms with Crippen LogP contribution in [0.4, 0.5) is 0 Å². The van der Waals surface area contributed by atoms with Crippen molar-refractivity contribution in [3.8, 4) is 0 Å². The minimum atomic E-state index is -3.82. The summed E-state index contributed by atoms with van der Waals surface area (Å²) >= 11 is 0. The first-order chi connectivity index (χ1) is 9.02. The van der Waals surface area contributed by atoms with Crippen molar-refractivity contribution in [2.45, 2.75) is 58.3 Å². The van der Waals surface area contributed by atoms with Crippen molar-refractivity contribution in [2.24, 2.45) is 0 Å². The Morgan fingerprint density at radius 2 is 1.68 bits per heavy atom. The van der Waals surface area contributed by atoms with E-state index >= 15 is 0 Å². The summed E-state index contributed by atoms with van der Waals surface area (Å²) in [6.45, 7) is 5.33. The van der Waals surface area contributed by atoms with E-state index in [1.165, 1.54) is 25.7 Å². The molecule has 1 unspecified atom stereocenters. The van der Waals surface area contributed by atoms with Crippen LogP contribution in [0.15, 0.2) is 12.7 Å². The van der Waals surface area contributed by atoms with Gasteiger partial charge in [0.05, 0.1) is 6.16 Å². The summed E-state index contributed by atoms with van der Waals surface area (Å²) in [6.07, 6.45) is 9.54. The zero-order chi connectivity index (χ0) is 14.6. The first-order valence-corrected chi connectivity index (χ1v) is 8.62. The second kappa shape index (κ2) is 11.2. The van der Waals surface area contributed by atoms with Crippen LogP contribution in [-0.4, -0.2) is 17.0 Å². The Morgan fingerprint density at radius 3 is 2.21 bits per heavy atom. The maximum atomic E-state index is 11.4. The Hall–Kier alpha value is -0.640. The number of hydrogen-bond donors (Lipinski definition) is 1. The molecule has 6 heteroatoms. The SMILES string of the molecule is C=CC(=O)OOP(=O)(O)CCCCCCCCCC. The molecule has 0 aromatic carbocycles. The number of unbranched alkanes of at least 4 members (excludes halogenated alkanes) is 7. The van der Waals surface area contributed by atoms with E-state index in [-0.39, 0.29) is 6.16 Å². The van der Waals surface area contributed by atoms with Crippen LogP contribution in [0.25, 0.3) is 0 Å². The summed E-state index contributed by atoms with van der Waals surface area (Å²) in [7, 11) is -3.82. The van der Waals surface area contributed by atoms with Gasteiger partial charge in [0.25, 0.3) is 0 Å². The van der Waals surface area contributed by atoms with E-state index in [1.807, 2.05) is 0 Å². The quantitative estimate of drug-likeness (QED) is 0.194. The molecule has 112 valence electrons. The monoisotopic (exact) mass is 292 g/mol. The van der Waals surface area contributed by atoms with Gasteiger partial charge < -0.3 is 4.89 Å². The van der Waals surface area contributed by atoms with E-state index in [2.05, 4.69) is 23.1 Å². The predicted molar refractivity (Wildman–Crippen MR) is 74.7 cm³/mol. The molecule has 0 rings (SSSR count). The van der Waals surface area contributed by atoms with Gasteiger partial charge in [0.2, 0.25) is 0 Å². The van der Waals surface area contributed by atoms with Crippen molar-refractivity contribution < 1.29 is 23.8 Å². The van der Waals surface area contributed by atoms with Crippen molar-refractivity contribution in [1.82, 2.24) is 0 Å². The predicted octanol–water partition coefficient (Wildman–Crippen LogP) is 3.97. The Labute approximate surface area is 115 Å². The lowest BCUT2D eigenvalue weighted by atomic mass is 10.1. The average Bonchev–Trinajstić information content (AvgIpc) is 2.39. The van der Waals surface area contributed by atoms with E-state index in [1.54, 1.807) is 0 Å². The topological polar surface area (TPSA) is 72.8 Å². The Kier molecular flexibility index (Phi) is 10.8. The van der Waals surface area contributed by atoms with Crippen LogP contribution in [0.2, 0.25) is 0 Å². The Balaban J connectivity index is 3.50. The summed E-state index contributed by atoms with van der Waals surface area (Å²) in [6, 6.07) is 0. The largest absolute Gasteiger partial charge is 0.366 e. The summed E-state index contributed by atoms with van der Waals surface area (Å²) in [5.74, 6) is -0.870. The second-order valence-electron chi connectivity index (χ2n) is 4.52. The summed E-state index contributed by atoms with van der Waals surface area (Å²) in [4.78, 5) is 24.1. The molecule has 0 aliphatic heterocycles. The first kappa shape index (κ1) is 18.4. The molecule has 19 heavy (non-hydrogen) atoms. The van der Waals surface area contributed by atoms with Crippen molar-refractivity contribution in [3.05, 3.63) is 12.7 Å². The van der Waals surface area contributed by atoms with E-state index in [9.17, 15) is 14.3 Å². The fraction of sp³-hybridized carbons (Fsp3) is 0.769. The molecule has 0 spiro atoms. The third kappa shape index (κ3) is 12.2. The molecule has 0 aromatic heterocycles. The van der Waals surface area contributed by atoms with Crippen LogP contribution in [-0.2, 0) is 18.9 Å². The van der Waals surface area contributed by atoms with Gasteiger partial charge in [0.1, 0.15) is 0 Å². The molecule has 0 bridgehead atoms. The molecule has 0 aliphatic rings. The third-order valence-electron chi connectivity index (χ3n) is 2.70. The van der Waals surface area contributed by atoms with E-state index in [0.29, 0.717) is 6.42 Å². The van der Waals surface area contributed by atoms with Gasteiger partial charge in [-0.25, -0.2) is 4.79 Å². The standard InChI is InChI=1S/C13H25O5P/c1-3-5-6-7-8-9-10-11-12-19(15,16)18-17-13(14)4-2/h4H,2-3,5-12H2,1H3,(H,15,16). The van der Waals surface area contributed by atoms with Crippen molar-refractivity contribution in [2.75, 3.05) is 6.16 Å². The number of hydrogen-bond acceptors (Lipinski definition) is 4. The lowest BCUT2D eigenvalue weighted by Crippen LogP contribution is -2.02. The molecule has 0 saturated heterocycles. The van der Waals surface area contributed by atoms with Gasteiger partial charge >= 0.3 is 13.6 Å². The van der Waals surface area contributed by atoms with Gasteiger partial charge in [-0.1, -0.05) is 63.1 Å². The van der Waals surface area contributed by atoms with Gasteiger partial charge in [-0.2, -0.15) is 0 Å². The lowest BCUT2D eigenvalue weighted by molar-refractivity contribution is -0.210. The molecular formula is C13H25O5P. The van der Waals surface area contributed by atoms with Crippen molar-refractivity contribution in [1.29, 1.82) is 0 Å². The molecule has 0 aliphatic carbocycles. The maximum absolute atomic E-state index is 11.4. The minimum Gasteiger partial charge on any atom is -0.322 e. The van der Waals surface area contributed by atoms with Crippen molar-refractivity contribution in [3.63, 3.8) is 0 Å². The number of carbonyl (C=O) groups is 1. The summed E-state index contributed by atoms with van der Waals surface area (Å²) in [5.41, 5.74) is 0. The fourth-order valence-electron chi connectivity index (χ4n) is 1.61. The van der Waals surface area contributed by atoms with E-state index < -0.39 is 13.6 Å². The zero-order valence-electron chi connectivity index (χ0n) is 11.7. The highest BCUT2D eigenvalue weighted by Gasteiger charge is 2.21. The van der Waals surface area contributed by atoms with Gasteiger partial charge in [0, 0.05) is 6.08 Å². The van der Waals surface area contributed by atoms with Gasteiger partial charge in [-0.15, -0.1) is 0 Å². The van der Waals surface area contributed by atoms with Gasteiger partial charge in [-0.05, 0) is 6.42 Å². The molecule has 0 radical (unpaired) electrons. The lowest BCUT2D eigenvalue weighted by Gasteiger charge is -2.09. The molecule has 1 N–H and O–H groups in total. The number of rotatable bonds is 12. The van der Waals surface area contributed by atoms with Crippen LogP contribution in [0.1, 0.15) is 58.3 Å². The Bertz CT molecular complexity index is 303. The van der Waals surface area contributed by atoms with Crippen LogP contribution in [0.5, 0.6) is 0 Å². The highest BCUT2D eigenvalue weighted by atomic mass is 31.2. The van der Waals surface area contributed by atoms with Crippen LogP contribution < -0.4 is 0 Å². The second-order valence-corrected chi connectivity index (χ2v) is 6.39. The molecule has 0 aromatic rings. The molecule has 0 amide bonds. The molecule has 1 atom stereocenters. The fourth-order valence-corrected chi connectivity index (χ4v) is 2.50. The molecule has 0 heterocycles. The van der Waals surface area contributed by atoms with E-state index in [0.717, 1.165) is 25.3 Å². The molecule has 0 saturated carbocycles. The minimum absolute atomic E-state index is 0.00633. The van der Waals surface area contributed by atoms with E-state index in [4.69, 9.17) is 0 Å². The molecule has 0 fully saturated rings. The summed E-state index contributed by atoms with van der Waals surface area (Å²) < 4.78 is 15.7.